The molecule has 192 valence electrons. The smallest absolute Gasteiger partial charge is 0.410 e. The van der Waals surface area contributed by atoms with Crippen LogP contribution in [-0.4, -0.2) is 42.3 Å². The number of nitrogens with zero attached hydrogens (tertiary/aromatic N) is 5. The van der Waals surface area contributed by atoms with Crippen molar-refractivity contribution in [2.45, 2.75) is 39.3 Å². The molecule has 5 heterocycles. The van der Waals surface area contributed by atoms with Crippen molar-refractivity contribution >= 4 is 22.4 Å². The van der Waals surface area contributed by atoms with Gasteiger partial charge in [0.15, 0.2) is 0 Å². The van der Waals surface area contributed by atoms with Crippen LogP contribution < -0.4 is 5.56 Å². The van der Waals surface area contributed by atoms with Gasteiger partial charge in [-0.25, -0.2) is 9.31 Å². The number of carbonyl (C=O) groups excluding carboxylic acids is 1. The van der Waals surface area contributed by atoms with Crippen molar-refractivity contribution in [2.24, 2.45) is 7.05 Å². The molecule has 0 atom stereocenters. The second-order valence-corrected chi connectivity index (χ2v) is 10.8. The maximum Gasteiger partial charge on any atom is 0.410 e. The van der Waals surface area contributed by atoms with Gasteiger partial charge in [-0.1, -0.05) is 18.2 Å². The Morgan fingerprint density at radius 3 is 2.58 bits per heavy atom. The van der Waals surface area contributed by atoms with Crippen LogP contribution in [0.25, 0.3) is 38.5 Å². The summed E-state index contributed by atoms with van der Waals surface area (Å²) in [5, 5.41) is 6.87. The van der Waals surface area contributed by atoms with Crippen LogP contribution in [-0.2, 0) is 24.8 Å². The van der Waals surface area contributed by atoms with Crippen LogP contribution in [0.5, 0.6) is 0 Å². The average Bonchev–Trinajstić information content (AvgIpc) is 3.32. The van der Waals surface area contributed by atoms with Crippen LogP contribution in [0.2, 0.25) is 0 Å². The van der Waals surface area contributed by atoms with Gasteiger partial charge >= 0.3 is 6.09 Å². The summed E-state index contributed by atoms with van der Waals surface area (Å²) < 4.78 is 9.10. The van der Waals surface area contributed by atoms with Crippen LogP contribution in [0.3, 0.4) is 0 Å². The number of rotatable bonds is 2. The highest BCUT2D eigenvalue weighted by Crippen LogP contribution is 2.32. The molecule has 0 saturated carbocycles. The van der Waals surface area contributed by atoms with Crippen molar-refractivity contribution < 1.29 is 9.53 Å². The van der Waals surface area contributed by atoms with Crippen molar-refractivity contribution in [3.8, 4) is 22.3 Å². The first-order valence-corrected chi connectivity index (χ1v) is 12.7. The molecule has 1 amide bonds. The minimum atomic E-state index is -0.586. The van der Waals surface area contributed by atoms with E-state index >= 15 is 0 Å². The molecule has 38 heavy (non-hydrogen) atoms. The topological polar surface area (TPSA) is 81.7 Å². The molecule has 0 saturated heterocycles. The molecule has 0 spiro atoms. The lowest BCUT2D eigenvalue weighted by Crippen LogP contribution is -2.42. The van der Waals surface area contributed by atoms with Crippen molar-refractivity contribution in [3.63, 3.8) is 0 Å². The second kappa shape index (κ2) is 8.83. The largest absolute Gasteiger partial charge is 0.444 e. The molecule has 1 aliphatic heterocycles. The number of pyridine rings is 3. The van der Waals surface area contributed by atoms with Crippen molar-refractivity contribution in [2.75, 3.05) is 6.54 Å². The number of aryl methyl sites for hydroxylation is 1. The lowest BCUT2D eigenvalue weighted by atomic mass is 9.93. The van der Waals surface area contributed by atoms with Gasteiger partial charge in [-0.3, -0.25) is 9.78 Å². The minimum Gasteiger partial charge on any atom is -0.444 e. The number of amides is 1. The zero-order chi connectivity index (χ0) is 26.6. The minimum absolute atomic E-state index is 0.0263. The van der Waals surface area contributed by atoms with E-state index in [9.17, 15) is 9.59 Å². The summed E-state index contributed by atoms with van der Waals surface area (Å²) in [6, 6.07) is 12.4. The highest BCUT2D eigenvalue weighted by molar-refractivity contribution is 5.90. The predicted octanol–water partition coefficient (Wildman–Crippen LogP) is 5.21. The fourth-order valence-electron chi connectivity index (χ4n) is 5.14. The number of benzene rings is 1. The Balaban J connectivity index is 1.40. The Bertz CT molecular complexity index is 1780. The SMILES string of the molecule is Cn1cc(-c2ccc3c(-c4ccc5cnccc5c4)cnn3c2)c2c(c1=O)CCN(C(=O)OC(C)(C)C)C2. The average molecular weight is 508 g/mol. The van der Waals surface area contributed by atoms with Gasteiger partial charge in [0.2, 0.25) is 0 Å². The maximum absolute atomic E-state index is 13.0. The lowest BCUT2D eigenvalue weighted by Gasteiger charge is -2.32. The van der Waals surface area contributed by atoms with E-state index in [1.807, 2.05) is 56.1 Å². The number of hydrogen-bond donors (Lipinski definition) is 0. The third-order valence-electron chi connectivity index (χ3n) is 7.00. The molecule has 0 aliphatic carbocycles. The van der Waals surface area contributed by atoms with Crippen LogP contribution in [0, 0.1) is 0 Å². The van der Waals surface area contributed by atoms with Gasteiger partial charge in [-0.15, -0.1) is 0 Å². The molecule has 4 aromatic heterocycles. The van der Waals surface area contributed by atoms with E-state index in [2.05, 4.69) is 40.4 Å². The second-order valence-electron chi connectivity index (χ2n) is 10.8. The molecule has 0 radical (unpaired) electrons. The first kappa shape index (κ1) is 23.9. The van der Waals surface area contributed by atoms with E-state index in [1.54, 1.807) is 22.7 Å². The Morgan fingerprint density at radius 2 is 1.76 bits per heavy atom. The summed E-state index contributed by atoms with van der Waals surface area (Å²) in [5.74, 6) is 0. The van der Waals surface area contributed by atoms with Crippen LogP contribution in [0.1, 0.15) is 31.9 Å². The zero-order valence-corrected chi connectivity index (χ0v) is 21.9. The molecule has 0 unspecified atom stereocenters. The number of carbonyl (C=O) groups is 1. The van der Waals surface area contributed by atoms with Gasteiger partial charge in [0, 0.05) is 66.0 Å². The number of hydrogen-bond acceptors (Lipinski definition) is 5. The Kier molecular flexibility index (Phi) is 5.56. The molecule has 8 heteroatoms. The standard InChI is InChI=1S/C30H29N5O3/c1-30(2,3)38-29(37)34-12-10-23-26(18-34)25(17-33(4)28(23)36)22-7-8-27-24(15-32-35(27)16-22)20-5-6-21-14-31-11-9-19(21)13-20/h5-9,11,13-17H,10,12,18H2,1-4H3. The van der Waals surface area contributed by atoms with Gasteiger partial charge in [0.1, 0.15) is 5.60 Å². The number of ether oxygens (including phenoxy) is 1. The van der Waals surface area contributed by atoms with E-state index in [4.69, 9.17) is 4.74 Å². The summed E-state index contributed by atoms with van der Waals surface area (Å²) in [5.41, 5.74) is 5.93. The predicted molar refractivity (Wildman–Crippen MR) is 147 cm³/mol. The summed E-state index contributed by atoms with van der Waals surface area (Å²) in [6.07, 6.45) is 9.49. The molecule has 1 aliphatic rings. The lowest BCUT2D eigenvalue weighted by molar-refractivity contribution is 0.0224. The van der Waals surface area contributed by atoms with Gasteiger partial charge < -0.3 is 14.2 Å². The third kappa shape index (κ3) is 4.22. The van der Waals surface area contributed by atoms with Crippen molar-refractivity contribution in [3.05, 3.63) is 88.9 Å². The molecule has 6 rings (SSSR count). The maximum atomic E-state index is 13.0. The van der Waals surface area contributed by atoms with E-state index in [1.165, 1.54) is 0 Å². The van der Waals surface area contributed by atoms with E-state index < -0.39 is 5.60 Å². The molecule has 8 nitrogen and oxygen atoms in total. The molecular formula is C30H29N5O3. The van der Waals surface area contributed by atoms with Crippen LogP contribution in [0.15, 0.2) is 72.2 Å². The monoisotopic (exact) mass is 507 g/mol. The summed E-state index contributed by atoms with van der Waals surface area (Å²) in [6.45, 7) is 6.33. The van der Waals surface area contributed by atoms with Crippen molar-refractivity contribution in [1.29, 1.82) is 0 Å². The van der Waals surface area contributed by atoms with E-state index in [0.717, 1.165) is 49.7 Å². The molecule has 0 fully saturated rings. The summed E-state index contributed by atoms with van der Waals surface area (Å²) in [4.78, 5) is 31.7. The van der Waals surface area contributed by atoms with E-state index in [-0.39, 0.29) is 11.7 Å². The Hall–Kier alpha value is -4.46. The quantitative estimate of drug-likeness (QED) is 0.328. The first-order valence-electron chi connectivity index (χ1n) is 12.7. The van der Waals surface area contributed by atoms with E-state index in [0.29, 0.717) is 19.5 Å². The third-order valence-corrected chi connectivity index (χ3v) is 7.00. The van der Waals surface area contributed by atoms with Crippen LogP contribution in [0.4, 0.5) is 4.79 Å². The van der Waals surface area contributed by atoms with Gasteiger partial charge in [-0.05, 0) is 61.9 Å². The molecular weight excluding hydrogens is 478 g/mol. The first-order chi connectivity index (χ1) is 18.2. The fraction of sp³-hybridized carbons (Fsp3) is 0.267. The molecule has 0 bridgehead atoms. The Morgan fingerprint density at radius 1 is 0.947 bits per heavy atom. The van der Waals surface area contributed by atoms with Gasteiger partial charge in [-0.2, -0.15) is 5.10 Å². The van der Waals surface area contributed by atoms with Crippen molar-refractivity contribution in [1.82, 2.24) is 24.1 Å². The van der Waals surface area contributed by atoms with Gasteiger partial charge in [0.25, 0.3) is 5.56 Å². The zero-order valence-electron chi connectivity index (χ0n) is 21.9. The number of fused-ring (bicyclic) bond motifs is 3. The van der Waals surface area contributed by atoms with Crippen LogP contribution >= 0.6 is 0 Å². The fourth-order valence-corrected chi connectivity index (χ4v) is 5.14. The van der Waals surface area contributed by atoms with Gasteiger partial charge in [0.05, 0.1) is 18.3 Å². The normalized spacial score (nSPS) is 13.6. The summed E-state index contributed by atoms with van der Waals surface area (Å²) in [7, 11) is 1.77. The number of aromatic nitrogens is 4. The highest BCUT2D eigenvalue weighted by Gasteiger charge is 2.29. The Labute approximate surface area is 220 Å². The highest BCUT2D eigenvalue weighted by atomic mass is 16.6. The summed E-state index contributed by atoms with van der Waals surface area (Å²) >= 11 is 0. The molecule has 0 N–H and O–H groups in total. The molecule has 5 aromatic rings. The molecule has 1 aromatic carbocycles.